The Bertz CT molecular complexity index is 297. The fourth-order valence-corrected chi connectivity index (χ4v) is 1.03. The van der Waals surface area contributed by atoms with E-state index in [0.29, 0.717) is 6.73 Å². The number of hydrogen-bond acceptors (Lipinski definition) is 2. The SMILES string of the molecule is CCc1ccc[n+](COC(C)=O)c1. The fourth-order valence-electron chi connectivity index (χ4n) is 1.03. The minimum Gasteiger partial charge on any atom is -0.405 e. The van der Waals surface area contributed by atoms with Crippen molar-refractivity contribution in [1.82, 2.24) is 0 Å². The van der Waals surface area contributed by atoms with Crippen LogP contribution in [-0.2, 0) is 22.7 Å². The van der Waals surface area contributed by atoms with Crippen molar-refractivity contribution in [1.29, 1.82) is 0 Å². The Morgan fingerprint density at radius 2 is 2.38 bits per heavy atom. The molecule has 3 heteroatoms. The molecule has 0 saturated heterocycles. The minimum absolute atomic E-state index is 0.255. The quantitative estimate of drug-likeness (QED) is 0.514. The lowest BCUT2D eigenvalue weighted by molar-refractivity contribution is -0.727. The Morgan fingerprint density at radius 3 is 3.00 bits per heavy atom. The van der Waals surface area contributed by atoms with E-state index in [-0.39, 0.29) is 5.97 Å². The van der Waals surface area contributed by atoms with Crippen LogP contribution >= 0.6 is 0 Å². The normalized spacial score (nSPS) is 9.69. The zero-order valence-electron chi connectivity index (χ0n) is 7.99. The highest BCUT2D eigenvalue weighted by Gasteiger charge is 2.02. The molecule has 0 fully saturated rings. The predicted molar refractivity (Wildman–Crippen MR) is 47.8 cm³/mol. The molecule has 0 amide bonds. The highest BCUT2D eigenvalue weighted by molar-refractivity contribution is 5.65. The lowest BCUT2D eigenvalue weighted by Gasteiger charge is -1.98. The third-order valence-electron chi connectivity index (χ3n) is 1.74. The van der Waals surface area contributed by atoms with E-state index in [1.807, 2.05) is 29.1 Å². The van der Waals surface area contributed by atoms with Crippen LogP contribution in [-0.4, -0.2) is 5.97 Å². The molecule has 0 aliphatic heterocycles. The Kier molecular flexibility index (Phi) is 3.43. The van der Waals surface area contributed by atoms with E-state index in [9.17, 15) is 4.79 Å². The zero-order chi connectivity index (χ0) is 9.68. The van der Waals surface area contributed by atoms with Gasteiger partial charge >= 0.3 is 5.97 Å². The summed E-state index contributed by atoms with van der Waals surface area (Å²) in [4.78, 5) is 10.5. The van der Waals surface area contributed by atoms with Crippen LogP contribution in [0.2, 0.25) is 0 Å². The zero-order valence-corrected chi connectivity index (χ0v) is 7.99. The molecule has 0 atom stereocenters. The summed E-state index contributed by atoms with van der Waals surface area (Å²) in [5, 5.41) is 0. The molecule has 0 saturated carbocycles. The highest BCUT2D eigenvalue weighted by Crippen LogP contribution is 1.94. The van der Waals surface area contributed by atoms with Gasteiger partial charge in [0.25, 0.3) is 6.73 Å². The number of aromatic nitrogens is 1. The first-order valence-electron chi connectivity index (χ1n) is 4.33. The molecule has 70 valence electrons. The number of esters is 1. The molecule has 0 unspecified atom stereocenters. The highest BCUT2D eigenvalue weighted by atomic mass is 16.5. The number of carbonyl (C=O) groups excluding carboxylic acids is 1. The lowest BCUT2D eigenvalue weighted by Crippen LogP contribution is -2.35. The summed E-state index contributed by atoms with van der Waals surface area (Å²) in [6.45, 7) is 3.79. The fraction of sp³-hybridized carbons (Fsp3) is 0.400. The van der Waals surface area contributed by atoms with Crippen LogP contribution in [0.1, 0.15) is 19.4 Å². The standard InChI is InChI=1S/C10H14NO2/c1-3-10-5-4-6-11(7-10)8-13-9(2)12/h4-7H,3,8H2,1-2H3/q+1. The molecule has 0 N–H and O–H groups in total. The molecule has 1 aromatic heterocycles. The van der Waals surface area contributed by atoms with Crippen LogP contribution in [0.5, 0.6) is 0 Å². The second kappa shape index (κ2) is 4.60. The van der Waals surface area contributed by atoms with Crippen molar-refractivity contribution >= 4 is 5.97 Å². The van der Waals surface area contributed by atoms with Gasteiger partial charge < -0.3 is 4.74 Å². The average molecular weight is 180 g/mol. The molecule has 1 aromatic rings. The van der Waals surface area contributed by atoms with Crippen LogP contribution < -0.4 is 4.57 Å². The van der Waals surface area contributed by atoms with Crippen LogP contribution in [0.4, 0.5) is 0 Å². The molecule has 0 spiro atoms. The van der Waals surface area contributed by atoms with Crippen molar-refractivity contribution in [3.8, 4) is 0 Å². The number of aryl methyl sites for hydroxylation is 1. The van der Waals surface area contributed by atoms with E-state index in [1.165, 1.54) is 12.5 Å². The third kappa shape index (κ3) is 3.23. The maximum absolute atomic E-state index is 10.5. The van der Waals surface area contributed by atoms with E-state index in [4.69, 9.17) is 4.74 Å². The van der Waals surface area contributed by atoms with Gasteiger partial charge in [-0.15, -0.1) is 0 Å². The van der Waals surface area contributed by atoms with Gasteiger partial charge in [-0.25, -0.2) is 0 Å². The predicted octanol–water partition coefficient (Wildman–Crippen LogP) is 1.06. The Hall–Kier alpha value is -1.38. The number of pyridine rings is 1. The van der Waals surface area contributed by atoms with E-state index in [2.05, 4.69) is 6.92 Å². The first-order chi connectivity index (χ1) is 6.22. The molecular weight excluding hydrogens is 166 g/mol. The molecule has 1 heterocycles. The van der Waals surface area contributed by atoms with Crippen LogP contribution in [0.3, 0.4) is 0 Å². The van der Waals surface area contributed by atoms with Gasteiger partial charge in [-0.2, -0.15) is 4.57 Å². The van der Waals surface area contributed by atoms with Crippen molar-refractivity contribution in [3.63, 3.8) is 0 Å². The van der Waals surface area contributed by atoms with E-state index >= 15 is 0 Å². The molecular formula is C10H14NO2+. The second-order valence-corrected chi connectivity index (χ2v) is 2.84. The van der Waals surface area contributed by atoms with Crippen molar-refractivity contribution in [3.05, 3.63) is 30.1 Å². The molecule has 0 radical (unpaired) electrons. The van der Waals surface area contributed by atoms with Gasteiger partial charge in [0, 0.05) is 18.6 Å². The van der Waals surface area contributed by atoms with Gasteiger partial charge in [0.1, 0.15) is 0 Å². The first kappa shape index (κ1) is 9.71. The molecule has 0 bridgehead atoms. The van der Waals surface area contributed by atoms with Gasteiger partial charge in [0.2, 0.25) is 0 Å². The van der Waals surface area contributed by atoms with E-state index in [0.717, 1.165) is 6.42 Å². The minimum atomic E-state index is -0.255. The monoisotopic (exact) mass is 180 g/mol. The number of ether oxygens (including phenoxy) is 1. The molecule has 0 aliphatic rings. The summed E-state index contributed by atoms with van der Waals surface area (Å²) in [5.74, 6) is -0.255. The average Bonchev–Trinajstić information content (AvgIpc) is 2.15. The maximum Gasteiger partial charge on any atom is 0.307 e. The van der Waals surface area contributed by atoms with Gasteiger partial charge in [0.15, 0.2) is 12.4 Å². The Morgan fingerprint density at radius 1 is 1.62 bits per heavy atom. The third-order valence-corrected chi connectivity index (χ3v) is 1.74. The first-order valence-corrected chi connectivity index (χ1v) is 4.33. The summed E-state index contributed by atoms with van der Waals surface area (Å²) in [5.41, 5.74) is 1.23. The molecule has 1 rings (SSSR count). The Balaban J connectivity index is 2.61. The molecule has 0 aliphatic carbocycles. The van der Waals surface area contributed by atoms with Crippen LogP contribution in [0, 0.1) is 0 Å². The Labute approximate surface area is 78.0 Å². The molecule has 3 nitrogen and oxygen atoms in total. The summed E-state index contributed by atoms with van der Waals surface area (Å²) in [6, 6.07) is 3.99. The van der Waals surface area contributed by atoms with Crippen LogP contribution in [0.15, 0.2) is 24.5 Å². The van der Waals surface area contributed by atoms with E-state index in [1.54, 1.807) is 0 Å². The summed E-state index contributed by atoms with van der Waals surface area (Å²) in [7, 11) is 0. The number of rotatable bonds is 3. The van der Waals surface area contributed by atoms with Gasteiger partial charge in [0.05, 0.1) is 0 Å². The molecule has 13 heavy (non-hydrogen) atoms. The summed E-state index contributed by atoms with van der Waals surface area (Å²) >= 11 is 0. The number of nitrogens with zero attached hydrogens (tertiary/aromatic N) is 1. The summed E-state index contributed by atoms with van der Waals surface area (Å²) < 4.78 is 6.70. The largest absolute Gasteiger partial charge is 0.405 e. The van der Waals surface area contributed by atoms with Crippen LogP contribution in [0.25, 0.3) is 0 Å². The number of hydrogen-bond donors (Lipinski definition) is 0. The van der Waals surface area contributed by atoms with Crippen molar-refractivity contribution < 1.29 is 14.1 Å². The summed E-state index contributed by atoms with van der Waals surface area (Å²) in [6.07, 6.45) is 4.84. The van der Waals surface area contributed by atoms with Gasteiger partial charge in [-0.05, 0) is 12.5 Å². The van der Waals surface area contributed by atoms with Crippen molar-refractivity contribution in [2.75, 3.05) is 0 Å². The van der Waals surface area contributed by atoms with Gasteiger partial charge in [-0.1, -0.05) is 6.92 Å². The van der Waals surface area contributed by atoms with Gasteiger partial charge in [-0.3, -0.25) is 4.79 Å². The topological polar surface area (TPSA) is 30.2 Å². The lowest BCUT2D eigenvalue weighted by atomic mass is 10.2. The molecule has 0 aromatic carbocycles. The van der Waals surface area contributed by atoms with Crippen molar-refractivity contribution in [2.45, 2.75) is 27.0 Å². The van der Waals surface area contributed by atoms with Crippen molar-refractivity contribution in [2.24, 2.45) is 0 Å². The van der Waals surface area contributed by atoms with E-state index < -0.39 is 0 Å². The second-order valence-electron chi connectivity index (χ2n) is 2.84. The number of carbonyl (C=O) groups is 1. The maximum atomic E-state index is 10.5. The smallest absolute Gasteiger partial charge is 0.307 e.